The Morgan fingerprint density at radius 2 is 2.18 bits per heavy atom. The van der Waals surface area contributed by atoms with E-state index < -0.39 is 5.60 Å². The van der Waals surface area contributed by atoms with Gasteiger partial charge in [-0.05, 0) is 26.0 Å². The van der Waals surface area contributed by atoms with E-state index >= 15 is 0 Å². The fraction of sp³-hybridized carbons (Fsp3) is 0.462. The molecule has 0 bridgehead atoms. The summed E-state index contributed by atoms with van der Waals surface area (Å²) in [6.45, 7) is 3.98. The van der Waals surface area contributed by atoms with Crippen molar-refractivity contribution < 1.29 is 19.0 Å². The number of ketones is 1. The van der Waals surface area contributed by atoms with Gasteiger partial charge in [-0.15, -0.1) is 0 Å². The predicted molar refractivity (Wildman–Crippen MR) is 62.6 cm³/mol. The topological polar surface area (TPSA) is 44.8 Å². The number of methoxy groups -OCH3 is 1. The first-order valence-electron chi connectivity index (χ1n) is 5.50. The quantitative estimate of drug-likeness (QED) is 0.756. The summed E-state index contributed by atoms with van der Waals surface area (Å²) < 4.78 is 15.9. The zero-order valence-electron chi connectivity index (χ0n) is 10.3. The summed E-state index contributed by atoms with van der Waals surface area (Å²) in [6.07, 6.45) is 0.401. The molecule has 0 aromatic heterocycles. The highest BCUT2D eigenvalue weighted by atomic mass is 16.7. The first-order chi connectivity index (χ1) is 8.02. The Kier molecular flexibility index (Phi) is 3.07. The summed E-state index contributed by atoms with van der Waals surface area (Å²) in [5.74, 6) is 1.32. The third-order valence-electron chi connectivity index (χ3n) is 2.57. The molecule has 4 heteroatoms. The molecule has 1 aromatic rings. The van der Waals surface area contributed by atoms with Gasteiger partial charge in [-0.2, -0.15) is 0 Å². The molecule has 4 nitrogen and oxygen atoms in total. The summed E-state index contributed by atoms with van der Waals surface area (Å²) in [4.78, 5) is 11.9. The predicted octanol–water partition coefficient (Wildman–Crippen LogP) is 2.41. The van der Waals surface area contributed by atoms with Gasteiger partial charge in [-0.25, -0.2) is 0 Å². The maximum atomic E-state index is 11.9. The van der Waals surface area contributed by atoms with Gasteiger partial charge in [-0.1, -0.05) is 0 Å². The minimum absolute atomic E-state index is 0.106. The molecule has 0 saturated heterocycles. The zero-order valence-corrected chi connectivity index (χ0v) is 10.3. The molecule has 1 aliphatic rings. The highest BCUT2D eigenvalue weighted by Gasteiger charge is 2.32. The van der Waals surface area contributed by atoms with E-state index in [1.54, 1.807) is 25.3 Å². The molecular weight excluding hydrogens is 220 g/mol. The molecule has 0 spiro atoms. The molecule has 0 saturated carbocycles. The van der Waals surface area contributed by atoms with Crippen LogP contribution in [-0.2, 0) is 4.74 Å². The van der Waals surface area contributed by atoms with Crippen molar-refractivity contribution in [3.05, 3.63) is 23.8 Å². The minimum atomic E-state index is -0.454. The third-order valence-corrected chi connectivity index (χ3v) is 2.57. The molecule has 0 radical (unpaired) electrons. The molecule has 0 amide bonds. The molecule has 1 aliphatic heterocycles. The van der Waals surface area contributed by atoms with Gasteiger partial charge < -0.3 is 14.2 Å². The zero-order chi connectivity index (χ0) is 12.5. The maximum absolute atomic E-state index is 11.9. The monoisotopic (exact) mass is 236 g/mol. The van der Waals surface area contributed by atoms with Crippen LogP contribution in [0.3, 0.4) is 0 Å². The molecule has 0 fully saturated rings. The van der Waals surface area contributed by atoms with Crippen molar-refractivity contribution in [2.24, 2.45) is 0 Å². The van der Waals surface area contributed by atoms with E-state index in [-0.39, 0.29) is 12.6 Å². The van der Waals surface area contributed by atoms with Gasteiger partial charge in [-0.3, -0.25) is 4.79 Å². The highest BCUT2D eigenvalue weighted by molar-refractivity contribution is 6.00. The highest BCUT2D eigenvalue weighted by Crippen LogP contribution is 2.35. The van der Waals surface area contributed by atoms with Crippen molar-refractivity contribution >= 4 is 5.78 Å². The van der Waals surface area contributed by atoms with Crippen molar-refractivity contribution in [1.29, 1.82) is 0 Å². The second-order valence-corrected chi connectivity index (χ2v) is 4.67. The van der Waals surface area contributed by atoms with Gasteiger partial charge in [0.05, 0.1) is 12.0 Å². The number of carbonyl (C=O) groups is 1. The second-order valence-electron chi connectivity index (χ2n) is 4.67. The molecule has 17 heavy (non-hydrogen) atoms. The summed E-state index contributed by atoms with van der Waals surface area (Å²) in [7, 11) is 1.56. The van der Waals surface area contributed by atoms with E-state index in [0.717, 1.165) is 0 Å². The number of rotatable bonds is 3. The molecule has 0 N–H and O–H groups in total. The average molecular weight is 236 g/mol. The molecular formula is C13H16O4. The molecule has 92 valence electrons. The van der Waals surface area contributed by atoms with Crippen LogP contribution in [0.2, 0.25) is 0 Å². The molecule has 1 heterocycles. The van der Waals surface area contributed by atoms with Gasteiger partial charge >= 0.3 is 0 Å². The first-order valence-corrected chi connectivity index (χ1v) is 5.50. The van der Waals surface area contributed by atoms with Gasteiger partial charge in [0.2, 0.25) is 0 Å². The Morgan fingerprint density at radius 1 is 1.41 bits per heavy atom. The van der Waals surface area contributed by atoms with Crippen LogP contribution < -0.4 is 9.47 Å². The van der Waals surface area contributed by atoms with E-state index in [1.165, 1.54) is 0 Å². The van der Waals surface area contributed by atoms with Gasteiger partial charge in [0.1, 0.15) is 17.1 Å². The van der Waals surface area contributed by atoms with Crippen LogP contribution in [0.5, 0.6) is 11.5 Å². The lowest BCUT2D eigenvalue weighted by atomic mass is 9.93. The molecule has 2 rings (SSSR count). The largest absolute Gasteiger partial charge is 0.486 e. The minimum Gasteiger partial charge on any atom is -0.486 e. The van der Waals surface area contributed by atoms with E-state index in [2.05, 4.69) is 0 Å². The van der Waals surface area contributed by atoms with E-state index in [1.807, 2.05) is 13.8 Å². The number of benzene rings is 1. The van der Waals surface area contributed by atoms with Gasteiger partial charge in [0, 0.05) is 13.2 Å². The average Bonchev–Trinajstić information content (AvgIpc) is 2.24. The van der Waals surface area contributed by atoms with Crippen LogP contribution in [0.25, 0.3) is 0 Å². The second kappa shape index (κ2) is 4.37. The lowest BCUT2D eigenvalue weighted by Crippen LogP contribution is -2.35. The lowest BCUT2D eigenvalue weighted by Gasteiger charge is -2.31. The molecule has 0 aliphatic carbocycles. The summed E-state index contributed by atoms with van der Waals surface area (Å²) in [5, 5.41) is 0. The van der Waals surface area contributed by atoms with E-state index in [9.17, 15) is 4.79 Å². The number of Topliss-reactive ketones (excluding diaryl/α,β-unsaturated/α-hetero) is 1. The van der Waals surface area contributed by atoms with Crippen molar-refractivity contribution in [3.63, 3.8) is 0 Å². The van der Waals surface area contributed by atoms with Crippen LogP contribution in [0.4, 0.5) is 0 Å². The van der Waals surface area contributed by atoms with Crippen molar-refractivity contribution in [2.75, 3.05) is 13.9 Å². The number of hydrogen-bond acceptors (Lipinski definition) is 4. The maximum Gasteiger partial charge on any atom is 0.188 e. The molecule has 0 atom stereocenters. The Bertz CT molecular complexity index is 437. The summed E-state index contributed by atoms with van der Waals surface area (Å²) in [6, 6.07) is 5.21. The normalized spacial score (nSPS) is 17.2. The first kappa shape index (κ1) is 11.9. The smallest absolute Gasteiger partial charge is 0.188 e. The molecule has 0 unspecified atom stereocenters. The SMILES string of the molecule is COCOc1ccc2c(c1)OC(C)(C)CC2=O. The lowest BCUT2D eigenvalue weighted by molar-refractivity contribution is 0.0491. The summed E-state index contributed by atoms with van der Waals surface area (Å²) in [5.41, 5.74) is 0.165. The number of hydrogen-bond donors (Lipinski definition) is 0. The van der Waals surface area contributed by atoms with Gasteiger partial charge in [0.15, 0.2) is 12.6 Å². The van der Waals surface area contributed by atoms with Crippen molar-refractivity contribution in [3.8, 4) is 11.5 Å². The Balaban J connectivity index is 2.28. The van der Waals surface area contributed by atoms with Crippen LogP contribution in [0, 0.1) is 0 Å². The fourth-order valence-corrected chi connectivity index (χ4v) is 1.85. The Hall–Kier alpha value is -1.55. The Labute approximate surface area is 100 Å². The number of fused-ring (bicyclic) bond motifs is 1. The van der Waals surface area contributed by atoms with Crippen LogP contribution in [0.1, 0.15) is 30.6 Å². The third kappa shape index (κ3) is 2.58. The number of carbonyl (C=O) groups excluding carboxylic acids is 1. The van der Waals surface area contributed by atoms with Crippen molar-refractivity contribution in [1.82, 2.24) is 0 Å². The van der Waals surface area contributed by atoms with E-state index in [4.69, 9.17) is 14.2 Å². The standard InChI is InChI=1S/C13H16O4/c1-13(2)7-11(14)10-5-4-9(16-8-15-3)6-12(10)17-13/h4-6H,7-8H2,1-3H3. The van der Waals surface area contributed by atoms with Crippen molar-refractivity contribution in [2.45, 2.75) is 25.9 Å². The fourth-order valence-electron chi connectivity index (χ4n) is 1.85. The van der Waals surface area contributed by atoms with Gasteiger partial charge in [0.25, 0.3) is 0 Å². The molecule has 1 aromatic carbocycles. The van der Waals surface area contributed by atoms with Crippen LogP contribution >= 0.6 is 0 Å². The van der Waals surface area contributed by atoms with E-state index in [0.29, 0.717) is 23.5 Å². The summed E-state index contributed by atoms with van der Waals surface area (Å²) >= 11 is 0. The van der Waals surface area contributed by atoms with Crippen LogP contribution in [0.15, 0.2) is 18.2 Å². The van der Waals surface area contributed by atoms with Crippen LogP contribution in [-0.4, -0.2) is 25.3 Å². The number of ether oxygens (including phenoxy) is 3. The Morgan fingerprint density at radius 3 is 2.88 bits per heavy atom.